The first kappa shape index (κ1) is 13.9. The maximum atomic E-state index is 6.28. The predicted molar refractivity (Wildman–Crippen MR) is 77.3 cm³/mol. The Balaban J connectivity index is 2.13. The fourth-order valence-corrected chi connectivity index (χ4v) is 3.22. The summed E-state index contributed by atoms with van der Waals surface area (Å²) in [6.45, 7) is 4.70. The molecule has 0 saturated heterocycles. The van der Waals surface area contributed by atoms with Crippen molar-refractivity contribution in [1.82, 2.24) is 5.43 Å². The van der Waals surface area contributed by atoms with Crippen LogP contribution in [0, 0.1) is 11.3 Å². The Labute approximate surface area is 115 Å². The number of halogens is 1. The van der Waals surface area contributed by atoms with Crippen molar-refractivity contribution in [3.63, 3.8) is 0 Å². The summed E-state index contributed by atoms with van der Waals surface area (Å²) in [5, 5.41) is 0.810. The average Bonchev–Trinajstić information content (AvgIpc) is 2.34. The van der Waals surface area contributed by atoms with Gasteiger partial charge in [0.25, 0.3) is 0 Å². The minimum Gasteiger partial charge on any atom is -0.271 e. The maximum absolute atomic E-state index is 6.28. The Morgan fingerprint density at radius 3 is 2.44 bits per heavy atom. The van der Waals surface area contributed by atoms with Gasteiger partial charge >= 0.3 is 0 Å². The Kier molecular flexibility index (Phi) is 4.31. The highest BCUT2D eigenvalue weighted by atomic mass is 35.5. The lowest BCUT2D eigenvalue weighted by molar-refractivity contribution is 0.161. The highest BCUT2D eigenvalue weighted by Crippen LogP contribution is 2.43. The van der Waals surface area contributed by atoms with E-state index in [4.69, 9.17) is 17.4 Å². The van der Waals surface area contributed by atoms with Gasteiger partial charge in [-0.3, -0.25) is 11.3 Å². The molecular formula is C15H23ClN2. The summed E-state index contributed by atoms with van der Waals surface area (Å²) in [4.78, 5) is 0. The maximum Gasteiger partial charge on any atom is 0.0502 e. The van der Waals surface area contributed by atoms with Gasteiger partial charge in [0.1, 0.15) is 0 Å². The van der Waals surface area contributed by atoms with E-state index in [0.29, 0.717) is 11.3 Å². The number of hydrazine groups is 1. The summed E-state index contributed by atoms with van der Waals surface area (Å²) in [6.07, 6.45) is 4.96. The van der Waals surface area contributed by atoms with Gasteiger partial charge < -0.3 is 0 Å². The van der Waals surface area contributed by atoms with Crippen LogP contribution in [0.25, 0.3) is 0 Å². The minimum absolute atomic E-state index is 0.176. The smallest absolute Gasteiger partial charge is 0.0502 e. The quantitative estimate of drug-likeness (QED) is 0.640. The molecule has 1 aromatic rings. The highest BCUT2D eigenvalue weighted by Gasteiger charge is 2.32. The van der Waals surface area contributed by atoms with Crippen LogP contribution in [0.1, 0.15) is 51.1 Å². The SMILES string of the molecule is CC1(C)CCC(C(NN)c2ccccc2Cl)CC1. The average molecular weight is 267 g/mol. The Morgan fingerprint density at radius 1 is 1.28 bits per heavy atom. The van der Waals surface area contributed by atoms with Crippen LogP contribution >= 0.6 is 11.6 Å². The van der Waals surface area contributed by atoms with Crippen molar-refractivity contribution in [3.05, 3.63) is 34.9 Å². The van der Waals surface area contributed by atoms with E-state index in [1.807, 2.05) is 18.2 Å². The first-order valence-electron chi connectivity index (χ1n) is 6.74. The number of hydrogen-bond donors (Lipinski definition) is 2. The lowest BCUT2D eigenvalue weighted by Gasteiger charge is -2.38. The van der Waals surface area contributed by atoms with Crippen molar-refractivity contribution in [2.24, 2.45) is 17.2 Å². The molecule has 0 spiro atoms. The molecule has 2 rings (SSSR count). The molecule has 0 aliphatic heterocycles. The first-order valence-corrected chi connectivity index (χ1v) is 7.12. The predicted octanol–water partition coefficient (Wildman–Crippen LogP) is 4.06. The lowest BCUT2D eigenvalue weighted by atomic mass is 9.70. The Hall–Kier alpha value is -0.570. The van der Waals surface area contributed by atoms with Gasteiger partial charge in [-0.15, -0.1) is 0 Å². The highest BCUT2D eigenvalue weighted by molar-refractivity contribution is 6.31. The normalized spacial score (nSPS) is 21.8. The third-order valence-electron chi connectivity index (χ3n) is 4.28. The first-order chi connectivity index (χ1) is 8.53. The molecule has 1 aliphatic carbocycles. The molecule has 0 heterocycles. The van der Waals surface area contributed by atoms with Gasteiger partial charge in [0, 0.05) is 5.02 Å². The van der Waals surface area contributed by atoms with Crippen LogP contribution in [0.4, 0.5) is 0 Å². The molecule has 1 unspecified atom stereocenters. The zero-order valence-electron chi connectivity index (χ0n) is 11.2. The summed E-state index contributed by atoms with van der Waals surface area (Å²) in [7, 11) is 0. The number of hydrogen-bond acceptors (Lipinski definition) is 2. The molecule has 1 aliphatic rings. The van der Waals surface area contributed by atoms with Crippen LogP contribution in [0.5, 0.6) is 0 Å². The van der Waals surface area contributed by atoms with Gasteiger partial charge in [0.05, 0.1) is 6.04 Å². The summed E-state index contributed by atoms with van der Waals surface area (Å²) in [5.41, 5.74) is 4.58. The second-order valence-corrected chi connectivity index (χ2v) is 6.57. The van der Waals surface area contributed by atoms with E-state index in [1.54, 1.807) is 0 Å². The van der Waals surface area contributed by atoms with E-state index in [1.165, 1.54) is 25.7 Å². The molecule has 3 N–H and O–H groups in total. The van der Waals surface area contributed by atoms with Crippen LogP contribution in [0.2, 0.25) is 5.02 Å². The molecule has 1 aromatic carbocycles. The molecule has 1 saturated carbocycles. The molecular weight excluding hydrogens is 244 g/mol. The Morgan fingerprint density at radius 2 is 1.89 bits per heavy atom. The van der Waals surface area contributed by atoms with Gasteiger partial charge in [-0.2, -0.15) is 0 Å². The van der Waals surface area contributed by atoms with E-state index < -0.39 is 0 Å². The number of benzene rings is 1. The standard InChI is InChI=1S/C15H23ClN2/c1-15(2)9-7-11(8-10-15)14(18-17)12-5-3-4-6-13(12)16/h3-6,11,14,18H,7-10,17H2,1-2H3. The van der Waals surface area contributed by atoms with Crippen molar-refractivity contribution in [2.75, 3.05) is 0 Å². The van der Waals surface area contributed by atoms with Crippen LogP contribution in [-0.4, -0.2) is 0 Å². The van der Waals surface area contributed by atoms with E-state index in [-0.39, 0.29) is 6.04 Å². The zero-order chi connectivity index (χ0) is 13.2. The van der Waals surface area contributed by atoms with E-state index in [2.05, 4.69) is 25.3 Å². The lowest BCUT2D eigenvalue weighted by Crippen LogP contribution is -2.36. The molecule has 1 fully saturated rings. The molecule has 0 bridgehead atoms. The van der Waals surface area contributed by atoms with Gasteiger partial charge in [0.2, 0.25) is 0 Å². The van der Waals surface area contributed by atoms with Crippen molar-refractivity contribution in [1.29, 1.82) is 0 Å². The van der Waals surface area contributed by atoms with Crippen molar-refractivity contribution in [2.45, 2.75) is 45.6 Å². The molecule has 1 atom stereocenters. The molecule has 0 aromatic heterocycles. The van der Waals surface area contributed by atoms with Gasteiger partial charge in [-0.25, -0.2) is 0 Å². The van der Waals surface area contributed by atoms with Crippen molar-refractivity contribution >= 4 is 11.6 Å². The van der Waals surface area contributed by atoms with Crippen LogP contribution in [0.3, 0.4) is 0 Å². The fourth-order valence-electron chi connectivity index (χ4n) is 2.96. The van der Waals surface area contributed by atoms with Gasteiger partial charge in [-0.05, 0) is 48.6 Å². The van der Waals surface area contributed by atoms with Crippen molar-refractivity contribution in [3.8, 4) is 0 Å². The van der Waals surface area contributed by atoms with Gasteiger partial charge in [-0.1, -0.05) is 43.6 Å². The molecule has 3 heteroatoms. The summed E-state index contributed by atoms with van der Waals surface area (Å²) in [6, 6.07) is 8.18. The summed E-state index contributed by atoms with van der Waals surface area (Å²) < 4.78 is 0. The van der Waals surface area contributed by atoms with Crippen molar-refractivity contribution < 1.29 is 0 Å². The molecule has 0 amide bonds. The van der Waals surface area contributed by atoms with Gasteiger partial charge in [0.15, 0.2) is 0 Å². The molecule has 0 radical (unpaired) electrons. The third kappa shape index (κ3) is 3.05. The van der Waals surface area contributed by atoms with E-state index in [0.717, 1.165) is 10.6 Å². The van der Waals surface area contributed by atoms with Crippen LogP contribution in [-0.2, 0) is 0 Å². The second kappa shape index (κ2) is 5.60. The zero-order valence-corrected chi connectivity index (χ0v) is 12.0. The van der Waals surface area contributed by atoms with Crippen LogP contribution in [0.15, 0.2) is 24.3 Å². The molecule has 2 nitrogen and oxygen atoms in total. The summed E-state index contributed by atoms with van der Waals surface area (Å²) >= 11 is 6.28. The minimum atomic E-state index is 0.176. The van der Waals surface area contributed by atoms with Crippen LogP contribution < -0.4 is 11.3 Å². The largest absolute Gasteiger partial charge is 0.271 e. The van der Waals surface area contributed by atoms with E-state index >= 15 is 0 Å². The number of nitrogens with one attached hydrogen (secondary N) is 1. The van der Waals surface area contributed by atoms with E-state index in [9.17, 15) is 0 Å². The summed E-state index contributed by atoms with van der Waals surface area (Å²) in [5.74, 6) is 6.35. The third-order valence-corrected chi connectivity index (χ3v) is 4.62. The monoisotopic (exact) mass is 266 g/mol. The molecule has 18 heavy (non-hydrogen) atoms. The number of nitrogens with two attached hydrogens (primary N) is 1. The Bertz CT molecular complexity index is 393. The number of rotatable bonds is 3. The molecule has 100 valence electrons. The fraction of sp³-hybridized carbons (Fsp3) is 0.600. The second-order valence-electron chi connectivity index (χ2n) is 6.17. The topological polar surface area (TPSA) is 38.0 Å².